The number of anilines is 1. The van der Waals surface area contributed by atoms with Crippen LogP contribution < -0.4 is 14.8 Å². The number of hydrogen-bond acceptors (Lipinski definition) is 4. The normalized spacial score (nSPS) is 14.4. The minimum absolute atomic E-state index is 0.184. The van der Waals surface area contributed by atoms with Gasteiger partial charge in [-0.2, -0.15) is 0 Å². The Morgan fingerprint density at radius 2 is 2.00 bits per heavy atom. The molecule has 1 fully saturated rings. The molecule has 1 aromatic carbocycles. The molecule has 6 heteroatoms. The lowest BCUT2D eigenvalue weighted by atomic mass is 10.1. The maximum Gasteiger partial charge on any atom is 0.255 e. The van der Waals surface area contributed by atoms with Gasteiger partial charge >= 0.3 is 0 Å². The number of aromatic nitrogens is 1. The van der Waals surface area contributed by atoms with Gasteiger partial charge in [-0.15, -0.1) is 0 Å². The van der Waals surface area contributed by atoms with E-state index in [9.17, 15) is 4.79 Å². The molecule has 0 aliphatic heterocycles. The Morgan fingerprint density at radius 1 is 1.24 bits per heavy atom. The van der Waals surface area contributed by atoms with Crippen LogP contribution in [0.2, 0.25) is 5.02 Å². The molecule has 132 valence electrons. The van der Waals surface area contributed by atoms with Crippen molar-refractivity contribution < 1.29 is 14.3 Å². The zero-order valence-corrected chi connectivity index (χ0v) is 15.1. The average Bonchev–Trinajstić information content (AvgIpc) is 3.11. The number of amides is 1. The molecule has 3 rings (SSSR count). The van der Waals surface area contributed by atoms with Crippen molar-refractivity contribution in [2.45, 2.75) is 38.7 Å². The number of hydrogen-bond donors (Lipinski definition) is 1. The van der Waals surface area contributed by atoms with Gasteiger partial charge in [-0.3, -0.25) is 9.78 Å². The number of nitrogens with zero attached hydrogens (tertiary/aromatic N) is 1. The van der Waals surface area contributed by atoms with Crippen molar-refractivity contribution in [2.24, 2.45) is 0 Å². The molecular formula is C19H21ClN2O3. The fraction of sp³-hybridized carbons (Fsp3) is 0.368. The summed E-state index contributed by atoms with van der Waals surface area (Å²) in [5, 5.41) is 3.25. The molecule has 25 heavy (non-hydrogen) atoms. The number of carbonyl (C=O) groups is 1. The van der Waals surface area contributed by atoms with Gasteiger partial charge in [-0.25, -0.2) is 0 Å². The van der Waals surface area contributed by atoms with Crippen LogP contribution in [-0.4, -0.2) is 24.1 Å². The Hall–Kier alpha value is -2.27. The van der Waals surface area contributed by atoms with Crippen molar-refractivity contribution >= 4 is 23.2 Å². The second-order valence-corrected chi connectivity index (χ2v) is 6.56. The maximum absolute atomic E-state index is 12.6. The third-order valence-electron chi connectivity index (χ3n) is 4.35. The van der Waals surface area contributed by atoms with Crippen molar-refractivity contribution in [3.05, 3.63) is 46.7 Å². The minimum atomic E-state index is -0.255. The van der Waals surface area contributed by atoms with Crippen LogP contribution in [-0.2, 0) is 0 Å². The molecule has 1 heterocycles. The van der Waals surface area contributed by atoms with Gasteiger partial charge in [0, 0.05) is 18.0 Å². The molecule has 1 aliphatic rings. The zero-order valence-electron chi connectivity index (χ0n) is 14.3. The number of pyridine rings is 1. The van der Waals surface area contributed by atoms with Crippen molar-refractivity contribution in [1.82, 2.24) is 4.98 Å². The number of rotatable bonds is 5. The second-order valence-electron chi connectivity index (χ2n) is 6.16. The van der Waals surface area contributed by atoms with Gasteiger partial charge in [0.25, 0.3) is 5.91 Å². The van der Waals surface area contributed by atoms with E-state index >= 15 is 0 Å². The predicted molar refractivity (Wildman–Crippen MR) is 97.8 cm³/mol. The summed E-state index contributed by atoms with van der Waals surface area (Å²) in [5.41, 5.74) is 1.86. The molecule has 1 saturated carbocycles. The molecule has 0 atom stereocenters. The highest BCUT2D eigenvalue weighted by Gasteiger charge is 2.20. The van der Waals surface area contributed by atoms with E-state index < -0.39 is 0 Å². The van der Waals surface area contributed by atoms with Gasteiger partial charge in [0.15, 0.2) is 11.5 Å². The standard InChI is InChI=1S/C19H21ClN2O3/c1-12-10-21-11-15(20)18(12)22-19(23)13-7-8-16(24-2)17(9-13)25-14-5-3-4-6-14/h7-11,14H,3-6H2,1-2H3,(H,21,22,23). The van der Waals surface area contributed by atoms with Gasteiger partial charge in [0.1, 0.15) is 0 Å². The largest absolute Gasteiger partial charge is 0.493 e. The summed E-state index contributed by atoms with van der Waals surface area (Å²) in [7, 11) is 1.59. The number of benzene rings is 1. The highest BCUT2D eigenvalue weighted by Crippen LogP contribution is 2.33. The fourth-order valence-corrected chi connectivity index (χ4v) is 3.22. The SMILES string of the molecule is COc1ccc(C(=O)Nc2c(C)cncc2Cl)cc1OC1CCCC1. The Labute approximate surface area is 152 Å². The first-order valence-electron chi connectivity index (χ1n) is 8.34. The molecule has 1 aromatic heterocycles. The Morgan fingerprint density at radius 3 is 2.68 bits per heavy atom. The van der Waals surface area contributed by atoms with Crippen molar-refractivity contribution in [3.8, 4) is 11.5 Å². The van der Waals surface area contributed by atoms with Gasteiger partial charge in [-0.05, 0) is 56.4 Å². The van der Waals surface area contributed by atoms with E-state index in [0.717, 1.165) is 18.4 Å². The Kier molecular flexibility index (Phi) is 5.43. The van der Waals surface area contributed by atoms with Crippen LogP contribution in [0.25, 0.3) is 0 Å². The van der Waals surface area contributed by atoms with Gasteiger partial charge in [-0.1, -0.05) is 11.6 Å². The first kappa shape index (κ1) is 17.5. The van der Waals surface area contributed by atoms with Crippen LogP contribution >= 0.6 is 11.6 Å². The molecular weight excluding hydrogens is 340 g/mol. The highest BCUT2D eigenvalue weighted by atomic mass is 35.5. The molecule has 0 bridgehead atoms. The lowest BCUT2D eigenvalue weighted by Gasteiger charge is -2.17. The highest BCUT2D eigenvalue weighted by molar-refractivity contribution is 6.34. The number of methoxy groups -OCH3 is 1. The van der Waals surface area contributed by atoms with E-state index in [4.69, 9.17) is 21.1 Å². The Bertz CT molecular complexity index is 753. The van der Waals surface area contributed by atoms with E-state index in [-0.39, 0.29) is 12.0 Å². The van der Waals surface area contributed by atoms with Crippen LogP contribution in [0.3, 0.4) is 0 Å². The number of nitrogens with one attached hydrogen (secondary N) is 1. The average molecular weight is 361 g/mol. The molecule has 0 saturated heterocycles. The third kappa shape index (κ3) is 4.04. The lowest BCUT2D eigenvalue weighted by Crippen LogP contribution is -2.15. The smallest absolute Gasteiger partial charge is 0.255 e. The van der Waals surface area contributed by atoms with Crippen LogP contribution in [0.15, 0.2) is 30.6 Å². The van der Waals surface area contributed by atoms with E-state index in [2.05, 4.69) is 10.3 Å². The summed E-state index contributed by atoms with van der Waals surface area (Å²) in [5.74, 6) is 0.969. The Balaban J connectivity index is 1.82. The first-order valence-corrected chi connectivity index (χ1v) is 8.72. The van der Waals surface area contributed by atoms with Crippen molar-refractivity contribution in [2.75, 3.05) is 12.4 Å². The van der Waals surface area contributed by atoms with E-state index in [1.807, 2.05) is 6.92 Å². The van der Waals surface area contributed by atoms with Gasteiger partial charge in [0.05, 0.1) is 23.9 Å². The maximum atomic E-state index is 12.6. The minimum Gasteiger partial charge on any atom is -0.493 e. The lowest BCUT2D eigenvalue weighted by molar-refractivity contribution is 0.102. The molecule has 1 aliphatic carbocycles. The monoisotopic (exact) mass is 360 g/mol. The zero-order chi connectivity index (χ0) is 17.8. The summed E-state index contributed by atoms with van der Waals surface area (Å²) in [6, 6.07) is 5.18. The summed E-state index contributed by atoms with van der Waals surface area (Å²) >= 11 is 6.13. The third-order valence-corrected chi connectivity index (χ3v) is 4.64. The van der Waals surface area contributed by atoms with Crippen LogP contribution in [0.4, 0.5) is 5.69 Å². The molecule has 1 amide bonds. The van der Waals surface area contributed by atoms with E-state index in [1.54, 1.807) is 31.5 Å². The van der Waals surface area contributed by atoms with E-state index in [1.165, 1.54) is 19.0 Å². The predicted octanol–water partition coefficient (Wildman–Crippen LogP) is 4.63. The second kappa shape index (κ2) is 7.74. The summed E-state index contributed by atoms with van der Waals surface area (Å²) in [6.45, 7) is 1.84. The van der Waals surface area contributed by atoms with Crippen molar-refractivity contribution in [1.29, 1.82) is 0 Å². The van der Waals surface area contributed by atoms with Crippen LogP contribution in [0, 0.1) is 6.92 Å². The number of halogens is 1. The van der Waals surface area contributed by atoms with E-state index in [0.29, 0.717) is 27.8 Å². The number of carbonyl (C=O) groups excluding carboxylic acids is 1. The van der Waals surface area contributed by atoms with Gasteiger partial charge in [0.2, 0.25) is 0 Å². The topological polar surface area (TPSA) is 60.5 Å². The molecule has 5 nitrogen and oxygen atoms in total. The quantitative estimate of drug-likeness (QED) is 0.844. The summed E-state index contributed by atoms with van der Waals surface area (Å²) in [4.78, 5) is 16.6. The summed E-state index contributed by atoms with van der Waals surface area (Å²) in [6.07, 6.45) is 7.76. The van der Waals surface area contributed by atoms with Gasteiger partial charge < -0.3 is 14.8 Å². The first-order chi connectivity index (χ1) is 12.1. The number of ether oxygens (including phenoxy) is 2. The van der Waals surface area contributed by atoms with Crippen LogP contribution in [0.1, 0.15) is 41.6 Å². The number of aryl methyl sites for hydroxylation is 1. The molecule has 0 unspecified atom stereocenters. The molecule has 0 spiro atoms. The molecule has 2 aromatic rings. The van der Waals surface area contributed by atoms with Crippen molar-refractivity contribution in [3.63, 3.8) is 0 Å². The van der Waals surface area contributed by atoms with Crippen LogP contribution in [0.5, 0.6) is 11.5 Å². The fourth-order valence-electron chi connectivity index (χ4n) is 2.97. The molecule has 0 radical (unpaired) electrons. The summed E-state index contributed by atoms with van der Waals surface area (Å²) < 4.78 is 11.4. The molecule has 1 N–H and O–H groups in total.